The van der Waals surface area contributed by atoms with E-state index < -0.39 is 29.0 Å². The zero-order chi connectivity index (χ0) is 16.3. The number of halogens is 3. The standard InChI is InChI=1S/C13H21F3N2O3/c1-11(17,13(14,15)16)10(21)18-8-12(7-9(19)20)5-3-2-4-6-12/h2-8,17H2,1H3,(H,18,21)(H,19,20). The van der Waals surface area contributed by atoms with Crippen molar-refractivity contribution in [2.75, 3.05) is 6.54 Å². The van der Waals surface area contributed by atoms with Crippen molar-refractivity contribution < 1.29 is 27.9 Å². The summed E-state index contributed by atoms with van der Waals surface area (Å²) in [4.78, 5) is 22.6. The molecule has 0 radical (unpaired) electrons. The highest BCUT2D eigenvalue weighted by Gasteiger charge is 2.54. The Morgan fingerprint density at radius 1 is 1.24 bits per heavy atom. The van der Waals surface area contributed by atoms with Gasteiger partial charge in [-0.05, 0) is 25.2 Å². The molecule has 0 saturated heterocycles. The maximum absolute atomic E-state index is 12.7. The van der Waals surface area contributed by atoms with Gasteiger partial charge in [-0.1, -0.05) is 19.3 Å². The van der Waals surface area contributed by atoms with Crippen molar-refractivity contribution in [3.8, 4) is 0 Å². The summed E-state index contributed by atoms with van der Waals surface area (Å²) < 4.78 is 38.0. The van der Waals surface area contributed by atoms with E-state index >= 15 is 0 Å². The van der Waals surface area contributed by atoms with E-state index in [0.717, 1.165) is 19.3 Å². The first-order chi connectivity index (χ1) is 9.50. The van der Waals surface area contributed by atoms with Crippen LogP contribution in [-0.2, 0) is 9.59 Å². The molecule has 21 heavy (non-hydrogen) atoms. The molecule has 0 spiro atoms. The molecule has 0 aromatic carbocycles. The van der Waals surface area contributed by atoms with Gasteiger partial charge in [0.1, 0.15) is 0 Å². The highest BCUT2D eigenvalue weighted by molar-refractivity contribution is 5.86. The number of nitrogens with two attached hydrogens (primary N) is 1. The highest BCUT2D eigenvalue weighted by Crippen LogP contribution is 2.39. The number of carboxylic acids is 1. The van der Waals surface area contributed by atoms with E-state index in [1.165, 1.54) is 0 Å². The zero-order valence-electron chi connectivity index (χ0n) is 11.9. The fourth-order valence-electron chi connectivity index (χ4n) is 2.62. The van der Waals surface area contributed by atoms with Crippen LogP contribution in [0.5, 0.6) is 0 Å². The third-order valence-electron chi connectivity index (χ3n) is 4.12. The first-order valence-electron chi connectivity index (χ1n) is 6.86. The van der Waals surface area contributed by atoms with Crippen LogP contribution >= 0.6 is 0 Å². The number of carbonyl (C=O) groups excluding carboxylic acids is 1. The number of alkyl halides is 3. The number of nitrogens with one attached hydrogen (secondary N) is 1. The summed E-state index contributed by atoms with van der Waals surface area (Å²) in [6.45, 7) is 0.508. The Kier molecular flexibility index (Phi) is 5.25. The van der Waals surface area contributed by atoms with Crippen LogP contribution in [0.2, 0.25) is 0 Å². The number of amides is 1. The van der Waals surface area contributed by atoms with E-state index in [0.29, 0.717) is 19.8 Å². The topological polar surface area (TPSA) is 92.4 Å². The van der Waals surface area contributed by atoms with Gasteiger partial charge in [-0.25, -0.2) is 0 Å². The van der Waals surface area contributed by atoms with Crippen LogP contribution in [0.4, 0.5) is 13.2 Å². The molecule has 0 aromatic heterocycles. The van der Waals surface area contributed by atoms with Crippen LogP contribution in [0.3, 0.4) is 0 Å². The van der Waals surface area contributed by atoms with Crippen molar-refractivity contribution in [1.29, 1.82) is 0 Å². The normalized spacial score (nSPS) is 21.4. The second kappa shape index (κ2) is 6.21. The van der Waals surface area contributed by atoms with Crippen molar-refractivity contribution in [3.05, 3.63) is 0 Å². The molecule has 8 heteroatoms. The van der Waals surface area contributed by atoms with Gasteiger partial charge in [0.25, 0.3) is 0 Å². The molecule has 1 saturated carbocycles. The van der Waals surface area contributed by atoms with Crippen LogP contribution in [0, 0.1) is 5.41 Å². The van der Waals surface area contributed by atoms with Crippen molar-refractivity contribution in [2.24, 2.45) is 11.1 Å². The SMILES string of the molecule is CC(N)(C(=O)NCC1(CC(=O)O)CCCCC1)C(F)(F)F. The average Bonchev–Trinajstić information content (AvgIpc) is 2.35. The maximum Gasteiger partial charge on any atom is 0.415 e. The summed E-state index contributed by atoms with van der Waals surface area (Å²) >= 11 is 0. The fourth-order valence-corrected chi connectivity index (χ4v) is 2.62. The second-order valence-corrected chi connectivity index (χ2v) is 6.01. The molecule has 0 aromatic rings. The van der Waals surface area contributed by atoms with E-state index in [2.05, 4.69) is 5.32 Å². The predicted octanol–water partition coefficient (Wildman–Crippen LogP) is 1.81. The van der Waals surface area contributed by atoms with Crippen molar-refractivity contribution in [1.82, 2.24) is 5.32 Å². The molecular formula is C13H21F3N2O3. The van der Waals surface area contributed by atoms with Crippen LogP contribution in [0.25, 0.3) is 0 Å². The van der Waals surface area contributed by atoms with Crippen molar-refractivity contribution in [2.45, 2.75) is 57.2 Å². The van der Waals surface area contributed by atoms with E-state index in [1.54, 1.807) is 0 Å². The Bertz CT molecular complexity index is 402. The molecule has 1 unspecified atom stereocenters. The van der Waals surface area contributed by atoms with E-state index in [-0.39, 0.29) is 13.0 Å². The highest BCUT2D eigenvalue weighted by atomic mass is 19.4. The number of hydrogen-bond acceptors (Lipinski definition) is 3. The maximum atomic E-state index is 12.7. The summed E-state index contributed by atoms with van der Waals surface area (Å²) in [5.41, 5.74) is 1.38. The van der Waals surface area contributed by atoms with Gasteiger partial charge in [-0.3, -0.25) is 9.59 Å². The summed E-state index contributed by atoms with van der Waals surface area (Å²) in [5.74, 6) is -2.34. The molecule has 1 aliphatic carbocycles. The van der Waals surface area contributed by atoms with Crippen molar-refractivity contribution in [3.63, 3.8) is 0 Å². The van der Waals surface area contributed by atoms with Gasteiger partial charge in [0.15, 0.2) is 5.54 Å². The summed E-state index contributed by atoms with van der Waals surface area (Å²) in [6, 6.07) is 0. The Hall–Kier alpha value is -1.31. The first-order valence-corrected chi connectivity index (χ1v) is 6.86. The lowest BCUT2D eigenvalue weighted by Crippen LogP contribution is -2.62. The van der Waals surface area contributed by atoms with Crippen molar-refractivity contribution >= 4 is 11.9 Å². The molecule has 1 aliphatic rings. The number of carbonyl (C=O) groups is 2. The van der Waals surface area contributed by atoms with Gasteiger partial charge in [0.05, 0.1) is 6.42 Å². The van der Waals surface area contributed by atoms with Crippen LogP contribution in [-0.4, -0.2) is 35.2 Å². The molecule has 122 valence electrons. The minimum absolute atomic E-state index is 0.0962. The lowest BCUT2D eigenvalue weighted by atomic mass is 9.71. The van der Waals surface area contributed by atoms with E-state index in [9.17, 15) is 22.8 Å². The fraction of sp³-hybridized carbons (Fsp3) is 0.846. The number of rotatable bonds is 5. The van der Waals surface area contributed by atoms with E-state index in [1.807, 2.05) is 0 Å². The average molecular weight is 310 g/mol. The minimum Gasteiger partial charge on any atom is -0.481 e. The first kappa shape index (κ1) is 17.7. The second-order valence-electron chi connectivity index (χ2n) is 6.01. The Morgan fingerprint density at radius 3 is 2.19 bits per heavy atom. The third kappa shape index (κ3) is 4.33. The molecule has 0 heterocycles. The monoisotopic (exact) mass is 310 g/mol. The van der Waals surface area contributed by atoms with Gasteiger partial charge >= 0.3 is 12.1 Å². The summed E-state index contributed by atoms with van der Waals surface area (Å²) in [6.07, 6.45) is -1.29. The molecule has 1 rings (SSSR count). The smallest absolute Gasteiger partial charge is 0.415 e. The zero-order valence-corrected chi connectivity index (χ0v) is 11.9. The van der Waals surface area contributed by atoms with Gasteiger partial charge in [0, 0.05) is 6.54 Å². The summed E-state index contributed by atoms with van der Waals surface area (Å²) in [7, 11) is 0. The van der Waals surface area contributed by atoms with Crippen LogP contribution in [0.15, 0.2) is 0 Å². The number of hydrogen-bond donors (Lipinski definition) is 3. The Balaban J connectivity index is 2.73. The third-order valence-corrected chi connectivity index (χ3v) is 4.12. The molecule has 1 fully saturated rings. The van der Waals surface area contributed by atoms with Gasteiger partial charge in [-0.2, -0.15) is 13.2 Å². The van der Waals surface area contributed by atoms with Gasteiger partial charge < -0.3 is 16.2 Å². The molecular weight excluding hydrogens is 289 g/mol. The lowest BCUT2D eigenvalue weighted by Gasteiger charge is -2.37. The lowest BCUT2D eigenvalue weighted by molar-refractivity contribution is -0.187. The largest absolute Gasteiger partial charge is 0.481 e. The quantitative estimate of drug-likeness (QED) is 0.722. The Labute approximate surface area is 121 Å². The van der Waals surface area contributed by atoms with Crippen LogP contribution < -0.4 is 11.1 Å². The summed E-state index contributed by atoms with van der Waals surface area (Å²) in [5, 5.41) is 11.2. The van der Waals surface area contributed by atoms with Gasteiger partial charge in [0.2, 0.25) is 5.91 Å². The molecule has 4 N–H and O–H groups in total. The molecule has 0 bridgehead atoms. The van der Waals surface area contributed by atoms with Crippen LogP contribution in [0.1, 0.15) is 45.4 Å². The Morgan fingerprint density at radius 2 is 1.76 bits per heavy atom. The minimum atomic E-state index is -4.86. The molecule has 5 nitrogen and oxygen atoms in total. The molecule has 0 aliphatic heterocycles. The van der Waals surface area contributed by atoms with E-state index in [4.69, 9.17) is 10.8 Å². The van der Waals surface area contributed by atoms with Gasteiger partial charge in [-0.15, -0.1) is 0 Å². The number of aliphatic carboxylic acids is 1. The molecule has 1 atom stereocenters. The molecule has 1 amide bonds. The number of carboxylic acid groups (broad SMARTS) is 1. The predicted molar refractivity (Wildman–Crippen MR) is 69.4 cm³/mol.